The molecule has 0 radical (unpaired) electrons. The van der Waals surface area contributed by atoms with E-state index in [2.05, 4.69) is 21.0 Å². The first-order chi connectivity index (χ1) is 10.1. The average Bonchev–Trinajstić information content (AvgIpc) is 3.06. The molecular weight excluding hydrogens is 266 g/mol. The molecule has 3 rings (SSSR count). The quantitative estimate of drug-likeness (QED) is 0.763. The lowest BCUT2D eigenvalue weighted by atomic mass is 10.1. The Morgan fingerprint density at radius 2 is 1.71 bits per heavy atom. The van der Waals surface area contributed by atoms with Gasteiger partial charge in [-0.3, -0.25) is 0 Å². The average molecular weight is 279 g/mol. The number of nitrogens with zero attached hydrogens (tertiary/aromatic N) is 6. The topological polar surface area (TPSA) is 98.3 Å². The fourth-order valence-corrected chi connectivity index (χ4v) is 2.16. The molecule has 3 aromatic heterocycles. The molecule has 104 valence electrons. The van der Waals surface area contributed by atoms with Gasteiger partial charge < -0.3 is 14.9 Å². The lowest BCUT2D eigenvalue weighted by molar-refractivity contribution is 0.906. The van der Waals surface area contributed by atoms with Gasteiger partial charge in [-0.2, -0.15) is 5.26 Å². The third kappa shape index (κ3) is 2.03. The summed E-state index contributed by atoms with van der Waals surface area (Å²) in [7, 11) is 3.72. The first kappa shape index (κ1) is 12.9. The van der Waals surface area contributed by atoms with Crippen LogP contribution in [0.4, 0.5) is 5.69 Å². The normalized spacial score (nSPS) is 10.5. The Hall–Kier alpha value is -3.14. The van der Waals surface area contributed by atoms with Gasteiger partial charge in [-0.1, -0.05) is 0 Å². The van der Waals surface area contributed by atoms with Crippen molar-refractivity contribution in [2.45, 2.75) is 0 Å². The van der Waals surface area contributed by atoms with E-state index in [1.807, 2.05) is 24.9 Å². The largest absolute Gasteiger partial charge is 0.398 e. The second-order valence-corrected chi connectivity index (χ2v) is 4.66. The van der Waals surface area contributed by atoms with Crippen LogP contribution in [0, 0.1) is 11.3 Å². The molecule has 0 amide bonds. The summed E-state index contributed by atoms with van der Waals surface area (Å²) in [4.78, 5) is 13.1. The smallest absolute Gasteiger partial charge is 0.159 e. The summed E-state index contributed by atoms with van der Waals surface area (Å²) in [5, 5.41) is 9.34. The first-order valence-corrected chi connectivity index (χ1v) is 6.28. The number of aryl methyl sites for hydroxylation is 2. The van der Waals surface area contributed by atoms with Crippen LogP contribution < -0.4 is 5.73 Å². The van der Waals surface area contributed by atoms with Gasteiger partial charge in [0.05, 0.1) is 5.69 Å². The molecule has 2 N–H and O–H groups in total. The van der Waals surface area contributed by atoms with Gasteiger partial charge in [0.25, 0.3) is 0 Å². The first-order valence-electron chi connectivity index (χ1n) is 6.28. The summed E-state index contributed by atoms with van der Waals surface area (Å²) in [5.74, 6) is 1.27. The number of nitrogen functional groups attached to an aromatic ring is 1. The van der Waals surface area contributed by atoms with Crippen LogP contribution in [0.2, 0.25) is 0 Å². The van der Waals surface area contributed by atoms with Crippen LogP contribution in [0.5, 0.6) is 0 Å². The Kier molecular flexibility index (Phi) is 2.92. The number of imidazole rings is 2. The van der Waals surface area contributed by atoms with Crippen LogP contribution in [-0.2, 0) is 14.1 Å². The molecule has 0 aliphatic rings. The van der Waals surface area contributed by atoms with Gasteiger partial charge in [0.1, 0.15) is 23.0 Å². The monoisotopic (exact) mass is 279 g/mol. The summed E-state index contributed by atoms with van der Waals surface area (Å²) in [6, 6.07) is 3.76. The van der Waals surface area contributed by atoms with Gasteiger partial charge in [0.2, 0.25) is 0 Å². The highest BCUT2D eigenvalue weighted by atomic mass is 15.1. The highest BCUT2D eigenvalue weighted by Gasteiger charge is 2.18. The van der Waals surface area contributed by atoms with E-state index in [-0.39, 0.29) is 0 Å². The van der Waals surface area contributed by atoms with Gasteiger partial charge in [0, 0.05) is 38.9 Å². The van der Waals surface area contributed by atoms with E-state index in [1.165, 1.54) is 0 Å². The van der Waals surface area contributed by atoms with E-state index < -0.39 is 0 Å². The number of rotatable bonds is 2. The summed E-state index contributed by atoms with van der Waals surface area (Å²) >= 11 is 0. The summed E-state index contributed by atoms with van der Waals surface area (Å²) in [6.45, 7) is 0. The molecule has 0 fully saturated rings. The number of nitrogens with two attached hydrogens (primary N) is 1. The Labute approximate surface area is 121 Å². The minimum absolute atomic E-state index is 0.322. The third-order valence-corrected chi connectivity index (χ3v) is 3.25. The molecule has 7 nitrogen and oxygen atoms in total. The molecule has 7 heteroatoms. The van der Waals surface area contributed by atoms with Crippen LogP contribution in [0.15, 0.2) is 30.9 Å². The minimum Gasteiger partial charge on any atom is -0.398 e. The van der Waals surface area contributed by atoms with Crippen LogP contribution in [0.25, 0.3) is 23.0 Å². The van der Waals surface area contributed by atoms with Crippen molar-refractivity contribution >= 4 is 5.69 Å². The minimum atomic E-state index is 0.322. The van der Waals surface area contributed by atoms with E-state index in [0.717, 1.165) is 0 Å². The summed E-state index contributed by atoms with van der Waals surface area (Å²) in [6.07, 6.45) is 6.96. The molecule has 0 aromatic carbocycles. The zero-order valence-electron chi connectivity index (χ0n) is 11.6. The standard InChI is InChI=1S/C14H13N7/c1-20-5-3-17-13(20)11-7-10(16)9(8-15)12(19-11)14-18-4-6-21(14)2/h3-7H,1-2H3,(H2,16,19). The molecule has 0 unspecified atom stereocenters. The van der Waals surface area contributed by atoms with Crippen molar-refractivity contribution < 1.29 is 0 Å². The number of pyridine rings is 1. The van der Waals surface area contributed by atoms with Gasteiger partial charge in [-0.25, -0.2) is 15.0 Å². The van der Waals surface area contributed by atoms with E-state index >= 15 is 0 Å². The van der Waals surface area contributed by atoms with Gasteiger partial charge in [-0.15, -0.1) is 0 Å². The van der Waals surface area contributed by atoms with E-state index in [9.17, 15) is 5.26 Å². The zero-order valence-corrected chi connectivity index (χ0v) is 11.6. The molecule has 0 atom stereocenters. The molecule has 0 aliphatic carbocycles. The third-order valence-electron chi connectivity index (χ3n) is 3.25. The lowest BCUT2D eigenvalue weighted by Crippen LogP contribution is -2.04. The number of aromatic nitrogens is 5. The van der Waals surface area contributed by atoms with Crippen molar-refractivity contribution in [3.05, 3.63) is 36.4 Å². The maximum Gasteiger partial charge on any atom is 0.159 e. The van der Waals surface area contributed by atoms with Gasteiger partial charge in [0.15, 0.2) is 11.6 Å². The Morgan fingerprint density at radius 1 is 1.10 bits per heavy atom. The Morgan fingerprint density at radius 3 is 2.24 bits per heavy atom. The van der Waals surface area contributed by atoms with Crippen molar-refractivity contribution in [1.29, 1.82) is 5.26 Å². The highest BCUT2D eigenvalue weighted by molar-refractivity contribution is 5.74. The fourth-order valence-electron chi connectivity index (χ4n) is 2.16. The van der Waals surface area contributed by atoms with Crippen molar-refractivity contribution in [3.8, 4) is 29.1 Å². The van der Waals surface area contributed by atoms with Crippen LogP contribution in [0.1, 0.15) is 5.56 Å². The summed E-state index contributed by atoms with van der Waals surface area (Å²) in [5.41, 5.74) is 7.76. The second-order valence-electron chi connectivity index (χ2n) is 4.66. The summed E-state index contributed by atoms with van der Waals surface area (Å²) < 4.78 is 3.64. The lowest BCUT2D eigenvalue weighted by Gasteiger charge is -2.09. The number of hydrogen-bond acceptors (Lipinski definition) is 5. The molecule has 21 heavy (non-hydrogen) atoms. The van der Waals surface area contributed by atoms with E-state index in [0.29, 0.717) is 34.3 Å². The van der Waals surface area contributed by atoms with Crippen LogP contribution in [-0.4, -0.2) is 24.1 Å². The van der Waals surface area contributed by atoms with E-state index in [4.69, 9.17) is 5.73 Å². The fraction of sp³-hybridized carbons (Fsp3) is 0.143. The van der Waals surface area contributed by atoms with Crippen molar-refractivity contribution in [2.24, 2.45) is 14.1 Å². The molecule has 3 aromatic rings. The van der Waals surface area contributed by atoms with E-state index in [1.54, 1.807) is 29.2 Å². The van der Waals surface area contributed by atoms with Gasteiger partial charge >= 0.3 is 0 Å². The maximum absolute atomic E-state index is 9.34. The molecule has 0 aliphatic heterocycles. The predicted octanol–water partition coefficient (Wildman–Crippen LogP) is 1.34. The molecule has 0 spiro atoms. The second kappa shape index (κ2) is 4.76. The van der Waals surface area contributed by atoms with Gasteiger partial charge in [-0.05, 0) is 6.07 Å². The Bertz CT molecular complexity index is 851. The van der Waals surface area contributed by atoms with Crippen LogP contribution in [0.3, 0.4) is 0 Å². The molecule has 0 bridgehead atoms. The predicted molar refractivity (Wildman–Crippen MR) is 77.8 cm³/mol. The SMILES string of the molecule is Cn1ccnc1-c1cc(N)c(C#N)c(-c2nccn2C)n1. The highest BCUT2D eigenvalue weighted by Crippen LogP contribution is 2.28. The maximum atomic E-state index is 9.34. The zero-order chi connectivity index (χ0) is 15.0. The Balaban J connectivity index is 2.29. The number of hydrogen-bond donors (Lipinski definition) is 1. The van der Waals surface area contributed by atoms with Crippen molar-refractivity contribution in [1.82, 2.24) is 24.1 Å². The van der Waals surface area contributed by atoms with Crippen molar-refractivity contribution in [3.63, 3.8) is 0 Å². The van der Waals surface area contributed by atoms with Crippen molar-refractivity contribution in [2.75, 3.05) is 5.73 Å². The molecule has 3 heterocycles. The molecular formula is C14H13N7. The molecule has 0 saturated carbocycles. The van der Waals surface area contributed by atoms with Crippen LogP contribution >= 0.6 is 0 Å². The number of nitriles is 1. The molecule has 0 saturated heterocycles. The number of anilines is 1.